The van der Waals surface area contributed by atoms with Gasteiger partial charge in [-0.2, -0.15) is 16.9 Å². The van der Waals surface area contributed by atoms with Gasteiger partial charge in [-0.3, -0.25) is 9.48 Å². The number of nitrogens with zero attached hydrogens (tertiary/aromatic N) is 2. The molecule has 6 heteroatoms. The van der Waals surface area contributed by atoms with Gasteiger partial charge in [-0.05, 0) is 31.8 Å². The lowest BCUT2D eigenvalue weighted by molar-refractivity contribution is 0.0944. The second kappa shape index (κ2) is 6.54. The molecule has 1 heterocycles. The maximum atomic E-state index is 11.9. The summed E-state index contributed by atoms with van der Waals surface area (Å²) >= 11 is 1.82. The Hall–Kier alpha value is -1.17. The maximum Gasteiger partial charge on any atom is 0.271 e. The van der Waals surface area contributed by atoms with Crippen LogP contribution in [-0.4, -0.2) is 34.2 Å². The molecular formula is C11H20N4OS. The van der Waals surface area contributed by atoms with Crippen LogP contribution in [0.4, 0.5) is 5.69 Å². The summed E-state index contributed by atoms with van der Waals surface area (Å²) in [7, 11) is 1.73. The molecule has 0 aliphatic heterocycles. The molecule has 1 rings (SSSR count). The van der Waals surface area contributed by atoms with E-state index >= 15 is 0 Å². The molecule has 1 aromatic heterocycles. The average Bonchev–Trinajstić information content (AvgIpc) is 2.53. The highest BCUT2D eigenvalue weighted by Gasteiger charge is 2.16. The molecule has 0 bridgehead atoms. The van der Waals surface area contributed by atoms with E-state index in [4.69, 9.17) is 5.73 Å². The van der Waals surface area contributed by atoms with Gasteiger partial charge < -0.3 is 11.1 Å². The summed E-state index contributed by atoms with van der Waals surface area (Å²) in [6.07, 6.45) is 4.18. The number of hydrogen-bond acceptors (Lipinski definition) is 4. The first-order chi connectivity index (χ1) is 8.07. The third-order valence-electron chi connectivity index (χ3n) is 2.54. The van der Waals surface area contributed by atoms with Gasteiger partial charge in [0.2, 0.25) is 0 Å². The van der Waals surface area contributed by atoms with Crippen LogP contribution in [-0.2, 0) is 7.05 Å². The Morgan fingerprint density at radius 1 is 1.53 bits per heavy atom. The van der Waals surface area contributed by atoms with Gasteiger partial charge in [0.1, 0.15) is 5.69 Å². The number of thioether (sulfide) groups is 1. The fourth-order valence-electron chi connectivity index (χ4n) is 1.60. The molecule has 0 aromatic carbocycles. The Bertz CT molecular complexity index is 389. The van der Waals surface area contributed by atoms with E-state index in [1.54, 1.807) is 14.0 Å². The number of nitrogens with two attached hydrogens (primary N) is 1. The standard InChI is InChI=1S/C11H20N4OS/c1-8-9(12)10(15(2)14-8)11(16)13-6-4-5-7-17-3/h4-7,12H2,1-3H3,(H,13,16). The number of anilines is 1. The Kier molecular flexibility index (Phi) is 5.34. The van der Waals surface area contributed by atoms with E-state index in [1.807, 2.05) is 11.8 Å². The van der Waals surface area contributed by atoms with Gasteiger partial charge in [0, 0.05) is 13.6 Å². The Labute approximate surface area is 106 Å². The highest BCUT2D eigenvalue weighted by atomic mass is 32.2. The normalized spacial score (nSPS) is 10.5. The smallest absolute Gasteiger partial charge is 0.271 e. The second-order valence-electron chi connectivity index (χ2n) is 3.93. The molecule has 0 saturated carbocycles. The fourth-order valence-corrected chi connectivity index (χ4v) is 2.09. The molecule has 0 aliphatic carbocycles. The molecule has 96 valence electrons. The summed E-state index contributed by atoms with van der Waals surface area (Å²) in [5.41, 5.74) is 7.42. The van der Waals surface area contributed by atoms with Gasteiger partial charge >= 0.3 is 0 Å². The van der Waals surface area contributed by atoms with E-state index < -0.39 is 0 Å². The van der Waals surface area contributed by atoms with Crippen molar-refractivity contribution >= 4 is 23.4 Å². The molecule has 0 saturated heterocycles. The lowest BCUT2D eigenvalue weighted by atomic mass is 10.3. The van der Waals surface area contributed by atoms with Crippen molar-refractivity contribution in [1.82, 2.24) is 15.1 Å². The molecule has 1 aromatic rings. The summed E-state index contributed by atoms with van der Waals surface area (Å²) in [6.45, 7) is 2.48. The van der Waals surface area contributed by atoms with Gasteiger partial charge in [-0.25, -0.2) is 0 Å². The van der Waals surface area contributed by atoms with Crippen LogP contribution in [0.15, 0.2) is 0 Å². The number of amides is 1. The Morgan fingerprint density at radius 3 is 2.76 bits per heavy atom. The summed E-state index contributed by atoms with van der Waals surface area (Å²) in [6, 6.07) is 0. The number of nitrogens with one attached hydrogen (secondary N) is 1. The monoisotopic (exact) mass is 256 g/mol. The molecule has 1 amide bonds. The quantitative estimate of drug-likeness (QED) is 0.750. The van der Waals surface area contributed by atoms with Crippen LogP contribution in [0, 0.1) is 6.92 Å². The minimum atomic E-state index is -0.144. The number of hydrogen-bond donors (Lipinski definition) is 2. The minimum Gasteiger partial charge on any atom is -0.395 e. The van der Waals surface area contributed by atoms with Gasteiger partial charge in [0.15, 0.2) is 0 Å². The zero-order valence-electron chi connectivity index (χ0n) is 10.6. The highest BCUT2D eigenvalue weighted by molar-refractivity contribution is 7.98. The predicted molar refractivity (Wildman–Crippen MR) is 72.3 cm³/mol. The van der Waals surface area contributed by atoms with E-state index in [1.165, 1.54) is 4.68 Å². The largest absolute Gasteiger partial charge is 0.395 e. The average molecular weight is 256 g/mol. The highest BCUT2D eigenvalue weighted by Crippen LogP contribution is 2.14. The third kappa shape index (κ3) is 3.66. The molecule has 0 unspecified atom stereocenters. The van der Waals surface area contributed by atoms with E-state index in [9.17, 15) is 4.79 Å². The van der Waals surface area contributed by atoms with Crippen molar-refractivity contribution < 1.29 is 4.79 Å². The van der Waals surface area contributed by atoms with Crippen LogP contribution < -0.4 is 11.1 Å². The lowest BCUT2D eigenvalue weighted by Crippen LogP contribution is -2.27. The number of nitrogen functional groups attached to an aromatic ring is 1. The van der Waals surface area contributed by atoms with E-state index in [-0.39, 0.29) is 5.91 Å². The Morgan fingerprint density at radius 2 is 2.24 bits per heavy atom. The van der Waals surface area contributed by atoms with Gasteiger partial charge in [0.05, 0.1) is 11.4 Å². The first kappa shape index (κ1) is 13.9. The van der Waals surface area contributed by atoms with E-state index in [0.717, 1.165) is 18.6 Å². The Balaban J connectivity index is 2.47. The molecule has 0 spiro atoms. The van der Waals surface area contributed by atoms with Crippen molar-refractivity contribution in [3.8, 4) is 0 Å². The summed E-state index contributed by atoms with van der Waals surface area (Å²) in [5.74, 6) is 0.984. The van der Waals surface area contributed by atoms with Gasteiger partial charge in [-0.1, -0.05) is 0 Å². The number of aromatic nitrogens is 2. The molecule has 0 radical (unpaired) electrons. The topological polar surface area (TPSA) is 72.9 Å². The van der Waals surface area contributed by atoms with E-state index in [0.29, 0.717) is 23.6 Å². The molecular weight excluding hydrogens is 236 g/mol. The van der Waals surface area contributed by atoms with Crippen molar-refractivity contribution in [3.05, 3.63) is 11.4 Å². The molecule has 0 atom stereocenters. The first-order valence-electron chi connectivity index (χ1n) is 5.64. The van der Waals surface area contributed by atoms with Crippen molar-refractivity contribution in [3.63, 3.8) is 0 Å². The predicted octanol–water partition coefficient (Wildman–Crippen LogP) is 1.18. The number of aryl methyl sites for hydroxylation is 2. The molecule has 5 nitrogen and oxygen atoms in total. The van der Waals surface area contributed by atoms with Crippen LogP contribution >= 0.6 is 11.8 Å². The number of carbonyl (C=O) groups is 1. The third-order valence-corrected chi connectivity index (χ3v) is 3.24. The zero-order chi connectivity index (χ0) is 12.8. The van der Waals surface area contributed by atoms with Crippen LogP contribution in [0.1, 0.15) is 29.0 Å². The number of unbranched alkanes of at least 4 members (excludes halogenated alkanes) is 1. The van der Waals surface area contributed by atoms with Crippen molar-refractivity contribution in [2.75, 3.05) is 24.3 Å². The maximum absolute atomic E-state index is 11.9. The first-order valence-corrected chi connectivity index (χ1v) is 7.03. The fraction of sp³-hybridized carbons (Fsp3) is 0.636. The summed E-state index contributed by atoms with van der Waals surface area (Å²) in [4.78, 5) is 11.9. The molecule has 0 aliphatic rings. The summed E-state index contributed by atoms with van der Waals surface area (Å²) < 4.78 is 1.53. The van der Waals surface area contributed by atoms with E-state index in [2.05, 4.69) is 16.7 Å². The second-order valence-corrected chi connectivity index (χ2v) is 4.91. The zero-order valence-corrected chi connectivity index (χ0v) is 11.4. The van der Waals surface area contributed by atoms with Crippen LogP contribution in [0.5, 0.6) is 0 Å². The van der Waals surface area contributed by atoms with Crippen molar-refractivity contribution in [2.45, 2.75) is 19.8 Å². The van der Waals surface area contributed by atoms with Crippen molar-refractivity contribution in [2.24, 2.45) is 7.05 Å². The van der Waals surface area contributed by atoms with Crippen LogP contribution in [0.25, 0.3) is 0 Å². The molecule has 17 heavy (non-hydrogen) atoms. The lowest BCUT2D eigenvalue weighted by Gasteiger charge is -2.05. The van der Waals surface area contributed by atoms with Crippen LogP contribution in [0.2, 0.25) is 0 Å². The van der Waals surface area contributed by atoms with Gasteiger partial charge in [-0.15, -0.1) is 0 Å². The van der Waals surface area contributed by atoms with Crippen LogP contribution in [0.3, 0.4) is 0 Å². The number of carbonyl (C=O) groups excluding carboxylic acids is 1. The van der Waals surface area contributed by atoms with Gasteiger partial charge in [0.25, 0.3) is 5.91 Å². The molecule has 3 N–H and O–H groups in total. The van der Waals surface area contributed by atoms with Crippen molar-refractivity contribution in [1.29, 1.82) is 0 Å². The summed E-state index contributed by atoms with van der Waals surface area (Å²) in [5, 5.41) is 6.98. The minimum absolute atomic E-state index is 0.144. The molecule has 0 fully saturated rings. The SMILES string of the molecule is CSCCCCNC(=O)c1c(N)c(C)nn1C. The number of rotatable bonds is 6.